The molecule has 0 aliphatic heterocycles. The lowest BCUT2D eigenvalue weighted by Crippen LogP contribution is -2.21. The second-order valence-electron chi connectivity index (χ2n) is 5.47. The second-order valence-corrected chi connectivity index (χ2v) is 5.47. The molecule has 2 rings (SSSR count). The second kappa shape index (κ2) is 5.01. The summed E-state index contributed by atoms with van der Waals surface area (Å²) in [6.07, 6.45) is 1.93. The Bertz CT molecular complexity index is 596. The van der Waals surface area contributed by atoms with Crippen LogP contribution in [0.15, 0.2) is 30.5 Å². The largest absolute Gasteiger partial charge is 0.374 e. The summed E-state index contributed by atoms with van der Waals surface area (Å²) in [7, 11) is 0. The van der Waals surface area contributed by atoms with E-state index in [1.54, 1.807) is 12.1 Å². The number of hydrogen-bond donors (Lipinski definition) is 0. The minimum absolute atomic E-state index is 0.121. The average molecular weight is 262 g/mol. The van der Waals surface area contributed by atoms with Gasteiger partial charge >= 0.3 is 0 Å². The number of fused-ring (bicyclic) bond motifs is 1. The van der Waals surface area contributed by atoms with E-state index in [1.165, 1.54) is 6.07 Å². The van der Waals surface area contributed by atoms with Gasteiger partial charge in [0.1, 0.15) is 0 Å². The Hall–Kier alpha value is -1.88. The molecule has 0 saturated carbocycles. The summed E-state index contributed by atoms with van der Waals surface area (Å²) in [6, 6.07) is 6.80. The lowest BCUT2D eigenvalue weighted by Gasteiger charge is -2.19. The number of nitrogens with zero attached hydrogens (tertiary/aromatic N) is 2. The maximum Gasteiger partial charge on any atom is 0.270 e. The lowest BCUT2D eigenvalue weighted by molar-refractivity contribution is -0.384. The molecule has 0 bridgehead atoms. The van der Waals surface area contributed by atoms with Crippen molar-refractivity contribution in [2.75, 3.05) is 6.61 Å². The van der Waals surface area contributed by atoms with Crippen molar-refractivity contribution < 1.29 is 9.66 Å². The van der Waals surface area contributed by atoms with Crippen LogP contribution in [0.1, 0.15) is 20.8 Å². The fourth-order valence-electron chi connectivity index (χ4n) is 1.95. The highest BCUT2D eigenvalue weighted by molar-refractivity contribution is 5.82. The third-order valence-corrected chi connectivity index (χ3v) is 2.83. The first-order chi connectivity index (χ1) is 8.87. The molecule has 19 heavy (non-hydrogen) atoms. The Kier molecular flexibility index (Phi) is 3.57. The zero-order valence-corrected chi connectivity index (χ0v) is 11.4. The van der Waals surface area contributed by atoms with Gasteiger partial charge in [-0.1, -0.05) is 0 Å². The van der Waals surface area contributed by atoms with Crippen molar-refractivity contribution in [3.05, 3.63) is 40.6 Å². The zero-order chi connectivity index (χ0) is 14.0. The molecule has 0 saturated heterocycles. The van der Waals surface area contributed by atoms with Crippen LogP contribution in [0.3, 0.4) is 0 Å². The van der Waals surface area contributed by atoms with Crippen LogP contribution in [-0.2, 0) is 11.3 Å². The molecule has 2 aromatic rings. The third kappa shape index (κ3) is 3.32. The predicted octanol–water partition coefficient (Wildman–Crippen LogP) is 3.36. The van der Waals surface area contributed by atoms with Gasteiger partial charge in [0.05, 0.1) is 17.1 Å². The topological polar surface area (TPSA) is 57.3 Å². The van der Waals surface area contributed by atoms with Crippen LogP contribution < -0.4 is 0 Å². The minimum atomic E-state index is -0.376. The van der Waals surface area contributed by atoms with Gasteiger partial charge in [-0.15, -0.1) is 0 Å². The van der Waals surface area contributed by atoms with E-state index in [0.717, 1.165) is 17.4 Å². The quantitative estimate of drug-likeness (QED) is 0.627. The highest BCUT2D eigenvalue weighted by Crippen LogP contribution is 2.22. The average Bonchev–Trinajstić information content (AvgIpc) is 2.70. The van der Waals surface area contributed by atoms with Gasteiger partial charge in [-0.3, -0.25) is 10.1 Å². The molecule has 0 fully saturated rings. The fourth-order valence-corrected chi connectivity index (χ4v) is 1.95. The van der Waals surface area contributed by atoms with Gasteiger partial charge in [0, 0.05) is 35.8 Å². The van der Waals surface area contributed by atoms with Crippen molar-refractivity contribution in [3.63, 3.8) is 0 Å². The third-order valence-electron chi connectivity index (χ3n) is 2.83. The van der Waals surface area contributed by atoms with Crippen LogP contribution in [0.25, 0.3) is 10.9 Å². The van der Waals surface area contributed by atoms with Crippen molar-refractivity contribution in [1.29, 1.82) is 0 Å². The van der Waals surface area contributed by atoms with Crippen LogP contribution in [0.2, 0.25) is 0 Å². The van der Waals surface area contributed by atoms with Crippen molar-refractivity contribution in [1.82, 2.24) is 4.57 Å². The number of benzene rings is 1. The van der Waals surface area contributed by atoms with Crippen molar-refractivity contribution in [2.24, 2.45) is 0 Å². The smallest absolute Gasteiger partial charge is 0.270 e. The maximum absolute atomic E-state index is 10.7. The van der Waals surface area contributed by atoms with E-state index in [-0.39, 0.29) is 16.2 Å². The number of nitro benzene ring substituents is 1. The van der Waals surface area contributed by atoms with Crippen LogP contribution >= 0.6 is 0 Å². The SMILES string of the molecule is CC(C)(C)OCCn1ccc2cc([N+](=O)[O-])ccc21. The van der Waals surface area contributed by atoms with Crippen LogP contribution in [0.5, 0.6) is 0 Å². The van der Waals surface area contributed by atoms with Crippen LogP contribution in [0, 0.1) is 10.1 Å². The molecule has 1 aromatic carbocycles. The van der Waals surface area contributed by atoms with E-state index in [9.17, 15) is 10.1 Å². The number of hydrogen-bond acceptors (Lipinski definition) is 3. The van der Waals surface area contributed by atoms with E-state index >= 15 is 0 Å². The predicted molar refractivity (Wildman–Crippen MR) is 74.3 cm³/mol. The van der Waals surface area contributed by atoms with Crippen molar-refractivity contribution >= 4 is 16.6 Å². The fraction of sp³-hybridized carbons (Fsp3) is 0.429. The van der Waals surface area contributed by atoms with E-state index in [2.05, 4.69) is 0 Å². The summed E-state index contributed by atoms with van der Waals surface area (Å²) >= 11 is 0. The number of ether oxygens (including phenoxy) is 1. The van der Waals surface area contributed by atoms with Gasteiger partial charge in [-0.05, 0) is 32.9 Å². The van der Waals surface area contributed by atoms with E-state index < -0.39 is 0 Å². The number of rotatable bonds is 4. The summed E-state index contributed by atoms with van der Waals surface area (Å²) in [6.45, 7) is 7.40. The Morgan fingerprint density at radius 3 is 2.68 bits per heavy atom. The molecule has 0 spiro atoms. The van der Waals surface area contributed by atoms with Gasteiger partial charge in [-0.25, -0.2) is 0 Å². The maximum atomic E-state index is 10.7. The molecule has 0 atom stereocenters. The van der Waals surface area contributed by atoms with Crippen LogP contribution in [0.4, 0.5) is 5.69 Å². The summed E-state index contributed by atoms with van der Waals surface area (Å²) in [5.74, 6) is 0. The van der Waals surface area contributed by atoms with Gasteiger partial charge in [0.15, 0.2) is 0 Å². The standard InChI is InChI=1S/C14H18N2O3/c1-14(2,3)19-9-8-15-7-6-11-10-12(16(17)18)4-5-13(11)15/h4-7,10H,8-9H2,1-3H3. The van der Waals surface area contributed by atoms with E-state index in [1.807, 2.05) is 37.6 Å². The molecular weight excluding hydrogens is 244 g/mol. The Morgan fingerprint density at radius 2 is 2.05 bits per heavy atom. The molecule has 0 radical (unpaired) electrons. The molecule has 0 N–H and O–H groups in total. The van der Waals surface area contributed by atoms with Gasteiger partial charge in [-0.2, -0.15) is 0 Å². The van der Waals surface area contributed by atoms with Gasteiger partial charge in [0.25, 0.3) is 5.69 Å². The number of nitro groups is 1. The highest BCUT2D eigenvalue weighted by atomic mass is 16.6. The number of non-ortho nitro benzene ring substituents is 1. The molecule has 5 nitrogen and oxygen atoms in total. The molecule has 0 unspecified atom stereocenters. The lowest BCUT2D eigenvalue weighted by atomic mass is 10.2. The Labute approximate surface area is 111 Å². The summed E-state index contributed by atoms with van der Waals surface area (Å²) in [5, 5.41) is 11.6. The van der Waals surface area contributed by atoms with Gasteiger partial charge < -0.3 is 9.30 Å². The van der Waals surface area contributed by atoms with Crippen molar-refractivity contribution in [3.8, 4) is 0 Å². The first-order valence-corrected chi connectivity index (χ1v) is 6.24. The molecule has 5 heteroatoms. The monoisotopic (exact) mass is 262 g/mol. The van der Waals surface area contributed by atoms with E-state index in [0.29, 0.717) is 6.61 Å². The summed E-state index contributed by atoms with van der Waals surface area (Å²) < 4.78 is 7.73. The molecule has 0 amide bonds. The first kappa shape index (κ1) is 13.5. The minimum Gasteiger partial charge on any atom is -0.374 e. The van der Waals surface area contributed by atoms with Gasteiger partial charge in [0.2, 0.25) is 0 Å². The van der Waals surface area contributed by atoms with Crippen molar-refractivity contribution in [2.45, 2.75) is 32.9 Å². The molecule has 0 aliphatic rings. The molecule has 102 valence electrons. The normalized spacial score (nSPS) is 11.9. The molecular formula is C14H18N2O3. The zero-order valence-electron chi connectivity index (χ0n) is 11.4. The number of aromatic nitrogens is 1. The summed E-state index contributed by atoms with van der Waals surface area (Å²) in [5.41, 5.74) is 0.959. The van der Waals surface area contributed by atoms with Crippen LogP contribution in [-0.4, -0.2) is 21.7 Å². The summed E-state index contributed by atoms with van der Waals surface area (Å²) in [4.78, 5) is 10.3. The highest BCUT2D eigenvalue weighted by Gasteiger charge is 2.11. The Balaban J connectivity index is 2.15. The molecule has 0 aliphatic carbocycles. The van der Waals surface area contributed by atoms with E-state index in [4.69, 9.17) is 4.74 Å². The first-order valence-electron chi connectivity index (χ1n) is 6.24. The molecule has 1 aromatic heterocycles. The Morgan fingerprint density at radius 1 is 1.32 bits per heavy atom. The molecule has 1 heterocycles.